The van der Waals surface area contributed by atoms with Gasteiger partial charge in [0.1, 0.15) is 0 Å². The molecule has 0 radical (unpaired) electrons. The number of nitrogens with zero attached hydrogens (tertiary/aromatic N) is 1. The number of anilines is 3. The second-order valence-electron chi connectivity index (χ2n) is 16.3. The van der Waals surface area contributed by atoms with E-state index in [0.29, 0.717) is 0 Å². The summed E-state index contributed by atoms with van der Waals surface area (Å²) >= 11 is 1.89. The SMILES string of the molecule is c1ccc(-c2cccc3c2sc2cccc(N(c4ccccc4-c4ccc5ccccc5c4)c4cccc5c4-c4ccccc4C54c5ccccc5-c5ccccc54)c23)cc1. The molecule has 0 atom stereocenters. The molecule has 0 saturated heterocycles. The van der Waals surface area contributed by atoms with E-state index in [9.17, 15) is 0 Å². The molecular weight excluding hydrogens is 755 g/mol. The van der Waals surface area contributed by atoms with E-state index in [4.69, 9.17) is 0 Å². The van der Waals surface area contributed by atoms with Crippen LogP contribution >= 0.6 is 11.3 Å². The Morgan fingerprint density at radius 1 is 0.344 bits per heavy atom. The predicted octanol–water partition coefficient (Wildman–Crippen LogP) is 16.4. The van der Waals surface area contributed by atoms with Crippen molar-refractivity contribution in [3.05, 3.63) is 247 Å². The first-order chi connectivity index (χ1) is 30.3. The van der Waals surface area contributed by atoms with Gasteiger partial charge in [-0.25, -0.2) is 0 Å². The van der Waals surface area contributed by atoms with Crippen molar-refractivity contribution in [3.63, 3.8) is 0 Å². The first kappa shape index (κ1) is 34.4. The average molecular weight is 792 g/mol. The maximum atomic E-state index is 2.59. The lowest BCUT2D eigenvalue weighted by atomic mass is 9.70. The van der Waals surface area contributed by atoms with Gasteiger partial charge in [-0.2, -0.15) is 0 Å². The molecule has 1 nitrogen and oxygen atoms in total. The summed E-state index contributed by atoms with van der Waals surface area (Å²) in [5.41, 5.74) is 18.4. The molecule has 10 aromatic carbocycles. The molecule has 0 amide bonds. The van der Waals surface area contributed by atoms with Crippen LogP contribution in [0.15, 0.2) is 224 Å². The number of para-hydroxylation sites is 1. The predicted molar refractivity (Wildman–Crippen MR) is 259 cm³/mol. The molecule has 2 heteroatoms. The van der Waals surface area contributed by atoms with Crippen molar-refractivity contribution in [3.8, 4) is 44.5 Å². The lowest BCUT2D eigenvalue weighted by Gasteiger charge is -2.32. The minimum atomic E-state index is -0.454. The van der Waals surface area contributed by atoms with Crippen LogP contribution < -0.4 is 4.90 Å². The van der Waals surface area contributed by atoms with Crippen molar-refractivity contribution < 1.29 is 0 Å². The molecular formula is C59H37NS. The Bertz CT molecular complexity index is 3510. The minimum Gasteiger partial charge on any atom is -0.309 e. The van der Waals surface area contributed by atoms with E-state index >= 15 is 0 Å². The van der Waals surface area contributed by atoms with E-state index in [2.05, 4.69) is 229 Å². The maximum absolute atomic E-state index is 2.59. The van der Waals surface area contributed by atoms with Crippen LogP contribution in [0.2, 0.25) is 0 Å². The van der Waals surface area contributed by atoms with Crippen molar-refractivity contribution in [1.29, 1.82) is 0 Å². The highest BCUT2D eigenvalue weighted by Crippen LogP contribution is 2.65. The van der Waals surface area contributed by atoms with Crippen LogP contribution in [0.1, 0.15) is 22.3 Å². The number of rotatable bonds is 5. The highest BCUT2D eigenvalue weighted by Gasteiger charge is 2.52. The molecule has 1 aromatic heterocycles. The van der Waals surface area contributed by atoms with Crippen molar-refractivity contribution in [2.45, 2.75) is 5.41 Å². The van der Waals surface area contributed by atoms with Gasteiger partial charge >= 0.3 is 0 Å². The van der Waals surface area contributed by atoms with Crippen LogP contribution in [-0.4, -0.2) is 0 Å². The Labute approximate surface area is 359 Å². The number of benzene rings is 10. The fourth-order valence-corrected chi connectivity index (χ4v) is 12.1. The average Bonchev–Trinajstić information content (AvgIpc) is 3.97. The second-order valence-corrected chi connectivity index (χ2v) is 17.4. The first-order valence-electron chi connectivity index (χ1n) is 21.1. The lowest BCUT2D eigenvalue weighted by Crippen LogP contribution is -2.26. The topological polar surface area (TPSA) is 3.24 Å². The van der Waals surface area contributed by atoms with Crippen LogP contribution in [0.3, 0.4) is 0 Å². The third kappa shape index (κ3) is 4.83. The maximum Gasteiger partial charge on any atom is 0.0726 e. The highest BCUT2D eigenvalue weighted by molar-refractivity contribution is 7.26. The van der Waals surface area contributed by atoms with Gasteiger partial charge in [0, 0.05) is 31.3 Å². The molecule has 0 saturated carbocycles. The summed E-state index contributed by atoms with van der Waals surface area (Å²) in [6.45, 7) is 0. The monoisotopic (exact) mass is 791 g/mol. The number of thiophene rings is 1. The van der Waals surface area contributed by atoms with Gasteiger partial charge in [-0.3, -0.25) is 0 Å². The highest BCUT2D eigenvalue weighted by atomic mass is 32.1. The van der Waals surface area contributed by atoms with E-state index in [0.717, 1.165) is 5.69 Å². The molecule has 0 unspecified atom stereocenters. The Balaban J connectivity index is 1.15. The van der Waals surface area contributed by atoms with E-state index in [-0.39, 0.29) is 0 Å². The van der Waals surface area contributed by atoms with Gasteiger partial charge < -0.3 is 4.90 Å². The van der Waals surface area contributed by atoms with Crippen LogP contribution in [0.25, 0.3) is 75.5 Å². The Hall–Kier alpha value is -7.52. The van der Waals surface area contributed by atoms with Crippen LogP contribution in [0, 0.1) is 0 Å². The fourth-order valence-electron chi connectivity index (χ4n) is 10.8. The standard InChI is InChI=1S/C59H37NS/c1-2-18-39(19-3-1)43-25-14-26-47-57-54(33-16-34-55(57)61-58(43)47)60(52-31-13-9-21-42(52)41-36-35-38-17-4-5-20-40(38)37-41)53-32-15-30-51-56(53)46-24-8-12-29-50(46)59(51)48-27-10-6-22-44(48)45-23-7-11-28-49(45)59/h1-37H. The Morgan fingerprint density at radius 2 is 0.902 bits per heavy atom. The molecule has 1 heterocycles. The second kappa shape index (κ2) is 13.2. The number of fused-ring (bicyclic) bond motifs is 14. The molecule has 2 aliphatic carbocycles. The molecule has 0 bridgehead atoms. The third-order valence-corrected chi connectivity index (χ3v) is 14.5. The Morgan fingerprint density at radius 3 is 1.69 bits per heavy atom. The fraction of sp³-hybridized carbons (Fsp3) is 0.0169. The summed E-state index contributed by atoms with van der Waals surface area (Å²) in [6, 6.07) is 83.6. The number of hydrogen-bond acceptors (Lipinski definition) is 2. The summed E-state index contributed by atoms with van der Waals surface area (Å²) in [6.07, 6.45) is 0. The molecule has 1 spiro atoms. The van der Waals surface area contributed by atoms with Crippen molar-refractivity contribution in [2.24, 2.45) is 0 Å². The third-order valence-electron chi connectivity index (χ3n) is 13.3. The van der Waals surface area contributed by atoms with Crippen molar-refractivity contribution in [1.82, 2.24) is 0 Å². The van der Waals surface area contributed by atoms with Crippen molar-refractivity contribution in [2.75, 3.05) is 4.90 Å². The quantitative estimate of drug-likeness (QED) is 0.168. The van der Waals surface area contributed by atoms with E-state index in [1.165, 1.54) is 109 Å². The summed E-state index contributed by atoms with van der Waals surface area (Å²) in [5.74, 6) is 0. The van der Waals surface area contributed by atoms with Crippen LogP contribution in [0.4, 0.5) is 17.1 Å². The van der Waals surface area contributed by atoms with Gasteiger partial charge in [0.2, 0.25) is 0 Å². The zero-order valence-corrected chi connectivity index (χ0v) is 34.0. The smallest absolute Gasteiger partial charge is 0.0726 e. The summed E-state index contributed by atoms with van der Waals surface area (Å²) in [7, 11) is 0. The summed E-state index contributed by atoms with van der Waals surface area (Å²) in [5, 5.41) is 5.01. The van der Waals surface area contributed by atoms with Gasteiger partial charge in [0.25, 0.3) is 0 Å². The zero-order valence-electron chi connectivity index (χ0n) is 33.2. The first-order valence-corrected chi connectivity index (χ1v) is 21.9. The van der Waals surface area contributed by atoms with E-state index in [1.54, 1.807) is 0 Å². The lowest BCUT2D eigenvalue weighted by molar-refractivity contribution is 0.794. The molecule has 13 rings (SSSR count). The van der Waals surface area contributed by atoms with Crippen LogP contribution in [-0.2, 0) is 5.41 Å². The van der Waals surface area contributed by atoms with E-state index in [1.807, 2.05) is 11.3 Å². The van der Waals surface area contributed by atoms with Gasteiger partial charge in [-0.15, -0.1) is 11.3 Å². The van der Waals surface area contributed by atoms with Gasteiger partial charge in [-0.05, 0) is 96.7 Å². The zero-order chi connectivity index (χ0) is 40.1. The molecule has 0 fully saturated rings. The van der Waals surface area contributed by atoms with Crippen molar-refractivity contribution >= 4 is 59.3 Å². The summed E-state index contributed by atoms with van der Waals surface area (Å²) < 4.78 is 2.58. The molecule has 284 valence electrons. The largest absolute Gasteiger partial charge is 0.309 e. The molecule has 0 N–H and O–H groups in total. The van der Waals surface area contributed by atoms with Gasteiger partial charge in [0.05, 0.1) is 22.5 Å². The molecule has 0 aliphatic heterocycles. The molecule has 61 heavy (non-hydrogen) atoms. The minimum absolute atomic E-state index is 0.454. The van der Waals surface area contributed by atoms with Gasteiger partial charge in [0.15, 0.2) is 0 Å². The molecule has 11 aromatic rings. The number of hydrogen-bond donors (Lipinski definition) is 0. The molecule has 2 aliphatic rings. The van der Waals surface area contributed by atoms with Crippen LogP contribution in [0.5, 0.6) is 0 Å². The van der Waals surface area contributed by atoms with Gasteiger partial charge in [-0.1, -0.05) is 194 Å². The summed E-state index contributed by atoms with van der Waals surface area (Å²) in [4.78, 5) is 2.59. The van der Waals surface area contributed by atoms with E-state index < -0.39 is 5.41 Å². The normalized spacial score (nSPS) is 13.0. The Kier molecular flexibility index (Phi) is 7.46.